The second kappa shape index (κ2) is 6.03. The molecule has 1 aromatic heterocycles. The lowest BCUT2D eigenvalue weighted by molar-refractivity contribution is 0.0782. The van der Waals surface area contributed by atoms with Crippen LogP contribution >= 0.6 is 38.9 Å². The maximum Gasteiger partial charge on any atom is 0.255 e. The number of thiazole rings is 1. The van der Waals surface area contributed by atoms with Gasteiger partial charge < -0.3 is 4.90 Å². The number of carbonyl (C=O) groups excluding carboxylic acids is 1. The van der Waals surface area contributed by atoms with E-state index in [1.165, 1.54) is 0 Å². The zero-order valence-corrected chi connectivity index (χ0v) is 13.6. The van der Waals surface area contributed by atoms with Gasteiger partial charge in [0.2, 0.25) is 0 Å². The standard InChI is InChI=1S/C13H12BrClN2OS/c1-8-16-10(7-19-8)6-17(2)13(18)11-4-3-9(15)5-12(11)14/h3-5,7H,6H2,1-2H3. The maximum absolute atomic E-state index is 12.3. The molecule has 3 nitrogen and oxygen atoms in total. The van der Waals surface area contributed by atoms with Crippen LogP contribution in [0.25, 0.3) is 0 Å². The average Bonchev–Trinajstić information content (AvgIpc) is 2.74. The third-order valence-corrected chi connectivity index (χ3v) is 4.29. The molecule has 6 heteroatoms. The first-order valence-electron chi connectivity index (χ1n) is 5.59. The van der Waals surface area contributed by atoms with Gasteiger partial charge in [0, 0.05) is 21.9 Å². The van der Waals surface area contributed by atoms with E-state index in [4.69, 9.17) is 11.6 Å². The van der Waals surface area contributed by atoms with Gasteiger partial charge in [-0.25, -0.2) is 4.98 Å². The molecular weight excluding hydrogens is 348 g/mol. The van der Waals surface area contributed by atoms with Crippen LogP contribution in [0.2, 0.25) is 5.02 Å². The molecule has 0 atom stereocenters. The van der Waals surface area contributed by atoms with Crippen molar-refractivity contribution in [2.24, 2.45) is 0 Å². The fourth-order valence-corrected chi connectivity index (χ4v) is 3.12. The Morgan fingerprint density at radius 3 is 2.84 bits per heavy atom. The van der Waals surface area contributed by atoms with Crippen LogP contribution in [-0.4, -0.2) is 22.8 Å². The molecular formula is C13H12BrClN2OS. The molecule has 0 aliphatic rings. The third kappa shape index (κ3) is 3.55. The molecule has 0 unspecified atom stereocenters. The predicted molar refractivity (Wildman–Crippen MR) is 81.8 cm³/mol. The average molecular weight is 360 g/mol. The number of aryl methyl sites for hydroxylation is 1. The second-order valence-electron chi connectivity index (χ2n) is 4.14. The summed E-state index contributed by atoms with van der Waals surface area (Å²) in [6.07, 6.45) is 0. The Morgan fingerprint density at radius 2 is 2.26 bits per heavy atom. The minimum Gasteiger partial charge on any atom is -0.336 e. The Hall–Kier alpha value is -0.910. The van der Waals surface area contributed by atoms with Crippen molar-refractivity contribution in [2.45, 2.75) is 13.5 Å². The van der Waals surface area contributed by atoms with Crippen molar-refractivity contribution in [1.82, 2.24) is 9.88 Å². The number of amides is 1. The van der Waals surface area contributed by atoms with Crippen LogP contribution in [0.15, 0.2) is 28.1 Å². The van der Waals surface area contributed by atoms with Gasteiger partial charge in [0.25, 0.3) is 5.91 Å². The molecule has 1 heterocycles. The molecule has 2 aromatic rings. The number of benzene rings is 1. The fourth-order valence-electron chi connectivity index (χ4n) is 1.66. The maximum atomic E-state index is 12.3. The smallest absolute Gasteiger partial charge is 0.255 e. The molecule has 0 radical (unpaired) electrons. The largest absolute Gasteiger partial charge is 0.336 e. The third-order valence-electron chi connectivity index (χ3n) is 2.57. The SMILES string of the molecule is Cc1nc(CN(C)C(=O)c2ccc(Cl)cc2Br)cs1. The highest BCUT2D eigenvalue weighted by Gasteiger charge is 2.16. The molecule has 0 saturated heterocycles. The van der Waals surface area contributed by atoms with E-state index in [2.05, 4.69) is 20.9 Å². The molecule has 0 saturated carbocycles. The number of rotatable bonds is 3. The molecule has 0 aliphatic heterocycles. The van der Waals surface area contributed by atoms with Crippen molar-refractivity contribution in [3.63, 3.8) is 0 Å². The molecule has 0 fully saturated rings. The quantitative estimate of drug-likeness (QED) is 0.825. The first kappa shape index (κ1) is 14.5. The van der Waals surface area contributed by atoms with Crippen LogP contribution in [0.4, 0.5) is 0 Å². The Morgan fingerprint density at radius 1 is 1.53 bits per heavy atom. The highest BCUT2D eigenvalue weighted by molar-refractivity contribution is 9.10. The van der Waals surface area contributed by atoms with Crippen LogP contribution in [0, 0.1) is 6.92 Å². The lowest BCUT2D eigenvalue weighted by Crippen LogP contribution is -2.26. The zero-order chi connectivity index (χ0) is 14.0. The van der Waals surface area contributed by atoms with Gasteiger partial charge in [0.05, 0.1) is 22.8 Å². The van der Waals surface area contributed by atoms with Gasteiger partial charge in [-0.05, 0) is 41.1 Å². The molecule has 0 bridgehead atoms. The van der Waals surface area contributed by atoms with Crippen LogP contribution in [0.5, 0.6) is 0 Å². The van der Waals surface area contributed by atoms with Crippen LogP contribution in [0.1, 0.15) is 21.1 Å². The van der Waals surface area contributed by atoms with Crippen molar-refractivity contribution in [2.75, 3.05) is 7.05 Å². The summed E-state index contributed by atoms with van der Waals surface area (Å²) < 4.78 is 0.700. The number of carbonyl (C=O) groups is 1. The minimum atomic E-state index is -0.0609. The lowest BCUT2D eigenvalue weighted by Gasteiger charge is -2.16. The van der Waals surface area contributed by atoms with E-state index in [0.29, 0.717) is 21.6 Å². The molecule has 2 rings (SSSR count). The second-order valence-corrected chi connectivity index (χ2v) is 6.50. The van der Waals surface area contributed by atoms with E-state index in [0.717, 1.165) is 10.7 Å². The molecule has 19 heavy (non-hydrogen) atoms. The summed E-state index contributed by atoms with van der Waals surface area (Å²) in [5, 5.41) is 3.57. The van der Waals surface area contributed by atoms with Crippen LogP contribution in [0.3, 0.4) is 0 Å². The summed E-state index contributed by atoms with van der Waals surface area (Å²) in [4.78, 5) is 18.3. The summed E-state index contributed by atoms with van der Waals surface area (Å²) >= 11 is 10.8. The minimum absolute atomic E-state index is 0.0609. The fraction of sp³-hybridized carbons (Fsp3) is 0.231. The van der Waals surface area contributed by atoms with E-state index in [1.807, 2.05) is 12.3 Å². The van der Waals surface area contributed by atoms with E-state index in [-0.39, 0.29) is 5.91 Å². The van der Waals surface area contributed by atoms with Gasteiger partial charge in [-0.15, -0.1) is 11.3 Å². The number of hydrogen-bond acceptors (Lipinski definition) is 3. The Bertz CT molecular complexity index is 614. The number of nitrogens with zero attached hydrogens (tertiary/aromatic N) is 2. The van der Waals surface area contributed by atoms with Crippen molar-refractivity contribution in [1.29, 1.82) is 0 Å². The molecule has 1 aromatic carbocycles. The highest BCUT2D eigenvalue weighted by Crippen LogP contribution is 2.23. The molecule has 0 aliphatic carbocycles. The molecule has 1 amide bonds. The summed E-state index contributed by atoms with van der Waals surface area (Å²) in [5.41, 5.74) is 1.50. The first-order valence-corrected chi connectivity index (χ1v) is 7.64. The number of aromatic nitrogens is 1. The van der Waals surface area contributed by atoms with E-state index >= 15 is 0 Å². The summed E-state index contributed by atoms with van der Waals surface area (Å²) in [6, 6.07) is 5.15. The summed E-state index contributed by atoms with van der Waals surface area (Å²) in [6.45, 7) is 2.45. The molecule has 0 N–H and O–H groups in total. The van der Waals surface area contributed by atoms with Crippen LogP contribution in [-0.2, 0) is 6.54 Å². The number of halogens is 2. The monoisotopic (exact) mass is 358 g/mol. The van der Waals surface area contributed by atoms with Gasteiger partial charge in [-0.1, -0.05) is 11.6 Å². The Kier molecular flexibility index (Phi) is 4.60. The zero-order valence-electron chi connectivity index (χ0n) is 10.5. The first-order chi connectivity index (χ1) is 8.97. The van der Waals surface area contributed by atoms with Gasteiger partial charge in [-0.3, -0.25) is 4.79 Å². The van der Waals surface area contributed by atoms with Crippen LogP contribution < -0.4 is 0 Å². The van der Waals surface area contributed by atoms with E-state index in [1.54, 1.807) is 41.5 Å². The van der Waals surface area contributed by atoms with Gasteiger partial charge >= 0.3 is 0 Å². The van der Waals surface area contributed by atoms with Crippen molar-refractivity contribution in [3.05, 3.63) is 49.3 Å². The van der Waals surface area contributed by atoms with Gasteiger partial charge in [-0.2, -0.15) is 0 Å². The summed E-state index contributed by atoms with van der Waals surface area (Å²) in [7, 11) is 1.76. The molecule has 100 valence electrons. The lowest BCUT2D eigenvalue weighted by atomic mass is 10.2. The van der Waals surface area contributed by atoms with Crippen molar-refractivity contribution in [3.8, 4) is 0 Å². The van der Waals surface area contributed by atoms with Gasteiger partial charge in [0.15, 0.2) is 0 Å². The van der Waals surface area contributed by atoms with E-state index < -0.39 is 0 Å². The Labute approximate surface area is 129 Å². The summed E-state index contributed by atoms with van der Waals surface area (Å²) in [5.74, 6) is -0.0609. The highest BCUT2D eigenvalue weighted by atomic mass is 79.9. The van der Waals surface area contributed by atoms with Crippen molar-refractivity contribution >= 4 is 44.8 Å². The Balaban J connectivity index is 2.14. The van der Waals surface area contributed by atoms with Crippen molar-refractivity contribution < 1.29 is 4.79 Å². The predicted octanol–water partition coefficient (Wildman–Crippen LogP) is 4.14. The molecule has 0 spiro atoms. The topological polar surface area (TPSA) is 33.2 Å². The number of hydrogen-bond donors (Lipinski definition) is 0. The normalized spacial score (nSPS) is 10.5. The van der Waals surface area contributed by atoms with Gasteiger partial charge in [0.1, 0.15) is 0 Å². The van der Waals surface area contributed by atoms with E-state index in [9.17, 15) is 4.79 Å².